The van der Waals surface area contributed by atoms with Crippen molar-refractivity contribution in [3.8, 4) is 0 Å². The third kappa shape index (κ3) is 4.45. The molecule has 0 atom stereocenters. The van der Waals surface area contributed by atoms with Gasteiger partial charge in [-0.25, -0.2) is 21.6 Å². The third-order valence-electron chi connectivity index (χ3n) is 2.78. The average molecular weight is 391 g/mol. The summed E-state index contributed by atoms with van der Waals surface area (Å²) in [5.74, 6) is -3.88. The summed E-state index contributed by atoms with van der Waals surface area (Å²) in [7, 11) is -3.66. The zero-order valence-electron chi connectivity index (χ0n) is 11.1. The maximum absolute atomic E-state index is 13.4. The molecule has 0 saturated carbocycles. The fourth-order valence-corrected chi connectivity index (χ4v) is 3.08. The van der Waals surface area contributed by atoms with E-state index in [1.54, 1.807) is 24.3 Å². The van der Waals surface area contributed by atoms with E-state index in [1.165, 1.54) is 0 Å². The molecule has 0 bridgehead atoms. The molecular formula is C15H10BrF3O2S. The van der Waals surface area contributed by atoms with Gasteiger partial charge in [-0.15, -0.1) is 0 Å². The lowest BCUT2D eigenvalue weighted by Crippen LogP contribution is -2.00. The van der Waals surface area contributed by atoms with E-state index in [9.17, 15) is 21.6 Å². The molecule has 0 fully saturated rings. The monoisotopic (exact) mass is 390 g/mol. The van der Waals surface area contributed by atoms with Gasteiger partial charge in [-0.1, -0.05) is 28.1 Å². The summed E-state index contributed by atoms with van der Waals surface area (Å²) in [5.41, 5.74) is 0.219. The van der Waals surface area contributed by atoms with Crippen molar-refractivity contribution in [1.29, 1.82) is 0 Å². The van der Waals surface area contributed by atoms with Crippen LogP contribution in [0.4, 0.5) is 13.2 Å². The Bertz CT molecular complexity index is 815. The van der Waals surface area contributed by atoms with E-state index in [4.69, 9.17) is 0 Å². The molecule has 116 valence electrons. The summed E-state index contributed by atoms with van der Waals surface area (Å²) in [6, 6.07) is 7.64. The first-order valence-corrected chi connectivity index (χ1v) is 8.57. The topological polar surface area (TPSA) is 34.1 Å². The third-order valence-corrected chi connectivity index (χ3v) is 4.59. The van der Waals surface area contributed by atoms with Crippen molar-refractivity contribution >= 4 is 31.8 Å². The zero-order chi connectivity index (χ0) is 16.3. The molecule has 0 heterocycles. The first-order valence-electron chi connectivity index (χ1n) is 6.07. The van der Waals surface area contributed by atoms with Crippen LogP contribution in [0, 0.1) is 17.5 Å². The molecular weight excluding hydrogens is 381 g/mol. The Balaban J connectivity index is 2.21. The Morgan fingerprint density at radius 2 is 1.55 bits per heavy atom. The first kappa shape index (κ1) is 16.8. The second-order valence-corrected chi connectivity index (χ2v) is 7.33. The minimum absolute atomic E-state index is 0.276. The second kappa shape index (κ2) is 6.66. The van der Waals surface area contributed by atoms with E-state index in [2.05, 4.69) is 15.9 Å². The molecule has 2 nitrogen and oxygen atoms in total. The highest BCUT2D eigenvalue weighted by atomic mass is 79.9. The molecule has 2 aromatic rings. The Morgan fingerprint density at radius 3 is 2.18 bits per heavy atom. The lowest BCUT2D eigenvalue weighted by atomic mass is 10.2. The lowest BCUT2D eigenvalue weighted by Gasteiger charge is -2.01. The van der Waals surface area contributed by atoms with Crippen molar-refractivity contribution in [1.82, 2.24) is 0 Å². The summed E-state index contributed by atoms with van der Waals surface area (Å²) in [6.45, 7) is 0. The van der Waals surface area contributed by atoms with Gasteiger partial charge in [-0.2, -0.15) is 0 Å². The molecule has 0 amide bonds. The van der Waals surface area contributed by atoms with Crippen molar-refractivity contribution in [3.05, 3.63) is 74.9 Å². The molecule has 0 aliphatic heterocycles. The van der Waals surface area contributed by atoms with Gasteiger partial charge in [-0.05, 0) is 29.8 Å². The molecule has 0 spiro atoms. The summed E-state index contributed by atoms with van der Waals surface area (Å²) < 4.78 is 63.9. The predicted molar refractivity (Wildman–Crippen MR) is 82.1 cm³/mol. The van der Waals surface area contributed by atoms with Gasteiger partial charge in [0.2, 0.25) is 0 Å². The van der Waals surface area contributed by atoms with Gasteiger partial charge in [0.1, 0.15) is 5.82 Å². The average Bonchev–Trinajstić information content (AvgIpc) is 2.44. The minimum atomic E-state index is -3.66. The van der Waals surface area contributed by atoms with E-state index in [0.717, 1.165) is 16.0 Å². The van der Waals surface area contributed by atoms with E-state index in [1.807, 2.05) is 0 Å². The van der Waals surface area contributed by atoms with Crippen LogP contribution in [-0.2, 0) is 15.6 Å². The predicted octanol–water partition coefficient (Wildman–Crippen LogP) is 4.45. The Hall–Kier alpha value is -1.60. The molecule has 0 unspecified atom stereocenters. The SMILES string of the molecule is O=S(=O)(/C=C/c1cc(F)c(F)cc1F)Cc1ccc(Br)cc1. The summed E-state index contributed by atoms with van der Waals surface area (Å²) in [4.78, 5) is 0. The number of rotatable bonds is 4. The number of hydrogen-bond donors (Lipinski definition) is 0. The molecule has 2 rings (SSSR count). The maximum atomic E-state index is 13.4. The molecule has 0 N–H and O–H groups in total. The summed E-state index contributed by atoms with van der Waals surface area (Å²) >= 11 is 3.24. The quantitative estimate of drug-likeness (QED) is 0.722. The van der Waals surface area contributed by atoms with Crippen LogP contribution >= 0.6 is 15.9 Å². The van der Waals surface area contributed by atoms with E-state index >= 15 is 0 Å². The van der Waals surface area contributed by atoms with E-state index in [-0.39, 0.29) is 11.3 Å². The lowest BCUT2D eigenvalue weighted by molar-refractivity contribution is 0.494. The number of halogens is 4. The van der Waals surface area contributed by atoms with Crippen LogP contribution in [0.2, 0.25) is 0 Å². The molecule has 22 heavy (non-hydrogen) atoms. The highest BCUT2D eigenvalue weighted by Crippen LogP contribution is 2.17. The zero-order valence-corrected chi connectivity index (χ0v) is 13.5. The van der Waals surface area contributed by atoms with Crippen LogP contribution in [0.3, 0.4) is 0 Å². The van der Waals surface area contributed by atoms with Crippen molar-refractivity contribution in [2.24, 2.45) is 0 Å². The normalized spacial score (nSPS) is 12.0. The van der Waals surface area contributed by atoms with Gasteiger partial charge in [0.05, 0.1) is 5.75 Å². The van der Waals surface area contributed by atoms with Gasteiger partial charge in [0, 0.05) is 21.5 Å². The number of hydrogen-bond acceptors (Lipinski definition) is 2. The standard InChI is InChI=1S/C15H10BrF3O2S/c16-12-3-1-10(2-4-12)9-22(20,21)6-5-11-7-14(18)15(19)8-13(11)17/h1-8H,9H2/b6-5+. The van der Waals surface area contributed by atoms with Gasteiger partial charge in [0.25, 0.3) is 0 Å². The maximum Gasteiger partial charge on any atom is 0.175 e. The van der Waals surface area contributed by atoms with Gasteiger partial charge in [-0.3, -0.25) is 0 Å². The summed E-state index contributed by atoms with van der Waals surface area (Å²) in [6.07, 6.45) is 0.909. The fraction of sp³-hybridized carbons (Fsp3) is 0.0667. The van der Waals surface area contributed by atoms with Crippen LogP contribution in [0.1, 0.15) is 11.1 Å². The molecule has 0 aliphatic carbocycles. The first-order chi connectivity index (χ1) is 10.3. The van der Waals surface area contributed by atoms with Crippen molar-refractivity contribution in [2.45, 2.75) is 5.75 Å². The van der Waals surface area contributed by atoms with E-state index < -0.39 is 27.3 Å². The van der Waals surface area contributed by atoms with E-state index in [0.29, 0.717) is 17.7 Å². The molecule has 0 radical (unpaired) electrons. The smallest absolute Gasteiger partial charge is 0.175 e. The minimum Gasteiger partial charge on any atom is -0.224 e. The van der Waals surface area contributed by atoms with Gasteiger partial charge < -0.3 is 0 Å². The number of sulfone groups is 1. The largest absolute Gasteiger partial charge is 0.224 e. The second-order valence-electron chi connectivity index (χ2n) is 4.52. The summed E-state index contributed by atoms with van der Waals surface area (Å²) in [5, 5.41) is 0.783. The van der Waals surface area contributed by atoms with Crippen LogP contribution in [0.25, 0.3) is 6.08 Å². The molecule has 0 aromatic heterocycles. The highest BCUT2D eigenvalue weighted by molar-refractivity contribution is 9.10. The van der Waals surface area contributed by atoms with Crippen molar-refractivity contribution in [3.63, 3.8) is 0 Å². The molecule has 7 heteroatoms. The van der Waals surface area contributed by atoms with Crippen LogP contribution < -0.4 is 0 Å². The van der Waals surface area contributed by atoms with Crippen molar-refractivity contribution in [2.75, 3.05) is 0 Å². The molecule has 0 saturated heterocycles. The fourth-order valence-electron chi connectivity index (χ4n) is 1.70. The van der Waals surface area contributed by atoms with Crippen LogP contribution in [-0.4, -0.2) is 8.42 Å². The molecule has 0 aliphatic rings. The van der Waals surface area contributed by atoms with Crippen LogP contribution in [0.5, 0.6) is 0 Å². The highest BCUT2D eigenvalue weighted by Gasteiger charge is 2.11. The van der Waals surface area contributed by atoms with Gasteiger partial charge >= 0.3 is 0 Å². The van der Waals surface area contributed by atoms with Gasteiger partial charge in [0.15, 0.2) is 21.5 Å². The Kier molecular flexibility index (Phi) is 5.08. The Labute approximate surface area is 134 Å². The van der Waals surface area contributed by atoms with Crippen molar-refractivity contribution < 1.29 is 21.6 Å². The Morgan fingerprint density at radius 1 is 0.955 bits per heavy atom. The number of benzene rings is 2. The van der Waals surface area contributed by atoms with Crippen LogP contribution in [0.15, 0.2) is 46.3 Å². The molecule has 2 aromatic carbocycles.